The highest BCUT2D eigenvalue weighted by atomic mass is 32.2. The maximum atomic E-state index is 14.0. The molecule has 1 amide bonds. The van der Waals surface area contributed by atoms with Crippen molar-refractivity contribution in [1.29, 1.82) is 0 Å². The molecule has 198 valence electrons. The number of rotatable bonds is 11. The third-order valence-electron chi connectivity index (χ3n) is 5.74. The van der Waals surface area contributed by atoms with Crippen LogP contribution in [0.5, 0.6) is 23.0 Å². The number of sulfonamides is 1. The van der Waals surface area contributed by atoms with Crippen molar-refractivity contribution in [3.63, 3.8) is 0 Å². The van der Waals surface area contributed by atoms with Crippen molar-refractivity contribution in [3.05, 3.63) is 66.2 Å². The summed E-state index contributed by atoms with van der Waals surface area (Å²) in [5.74, 6) is 0.879. The molecule has 0 fully saturated rings. The number of hydrogen-bond acceptors (Lipinski definition) is 7. The maximum absolute atomic E-state index is 14.0. The summed E-state index contributed by atoms with van der Waals surface area (Å²) in [4.78, 5) is 13.2. The lowest BCUT2D eigenvalue weighted by Gasteiger charge is -2.26. The third-order valence-corrected chi connectivity index (χ3v) is 7.50. The number of carbonyl (C=O) groups is 1. The Morgan fingerprint density at radius 3 is 2.11 bits per heavy atom. The van der Waals surface area contributed by atoms with Gasteiger partial charge in [0.15, 0.2) is 11.5 Å². The van der Waals surface area contributed by atoms with Gasteiger partial charge in [0.25, 0.3) is 10.0 Å². The minimum Gasteiger partial charge on any atom is -0.497 e. The number of hydrogen-bond donors (Lipinski definition) is 1. The van der Waals surface area contributed by atoms with Crippen LogP contribution in [-0.4, -0.2) is 49.3 Å². The Morgan fingerprint density at radius 2 is 1.49 bits per heavy atom. The molecule has 0 unspecified atom stereocenters. The van der Waals surface area contributed by atoms with Crippen molar-refractivity contribution in [1.82, 2.24) is 0 Å². The van der Waals surface area contributed by atoms with E-state index in [1.54, 1.807) is 18.2 Å². The predicted octanol–water partition coefficient (Wildman–Crippen LogP) is 4.68. The second-order valence-corrected chi connectivity index (χ2v) is 10.2. The molecule has 0 bridgehead atoms. The van der Waals surface area contributed by atoms with Crippen molar-refractivity contribution < 1.29 is 32.2 Å². The fourth-order valence-electron chi connectivity index (χ4n) is 3.83. The van der Waals surface area contributed by atoms with E-state index in [9.17, 15) is 13.2 Å². The van der Waals surface area contributed by atoms with Gasteiger partial charge in [-0.1, -0.05) is 32.0 Å². The van der Waals surface area contributed by atoms with Gasteiger partial charge in [0, 0.05) is 17.8 Å². The molecule has 0 aliphatic rings. The summed E-state index contributed by atoms with van der Waals surface area (Å²) in [6, 6.07) is 16.4. The number of amides is 1. The molecule has 3 aromatic carbocycles. The topological polar surface area (TPSA) is 103 Å². The van der Waals surface area contributed by atoms with Crippen LogP contribution in [0.1, 0.15) is 25.3 Å². The Morgan fingerprint density at radius 1 is 0.838 bits per heavy atom. The van der Waals surface area contributed by atoms with E-state index >= 15 is 0 Å². The molecule has 37 heavy (non-hydrogen) atoms. The number of nitrogens with zero attached hydrogens (tertiary/aromatic N) is 1. The average Bonchev–Trinajstić information content (AvgIpc) is 2.90. The zero-order valence-electron chi connectivity index (χ0n) is 21.8. The molecule has 9 nitrogen and oxygen atoms in total. The molecule has 0 spiro atoms. The second-order valence-electron chi connectivity index (χ2n) is 8.36. The Labute approximate surface area is 218 Å². The van der Waals surface area contributed by atoms with Crippen LogP contribution < -0.4 is 28.6 Å². The van der Waals surface area contributed by atoms with Gasteiger partial charge in [0.05, 0.1) is 39.0 Å². The summed E-state index contributed by atoms with van der Waals surface area (Å²) in [6.07, 6.45) is 0. The number of carbonyl (C=O) groups excluding carboxylic acids is 1. The molecule has 0 saturated carbocycles. The van der Waals surface area contributed by atoms with Gasteiger partial charge >= 0.3 is 0 Å². The highest BCUT2D eigenvalue weighted by molar-refractivity contribution is 7.92. The van der Waals surface area contributed by atoms with E-state index in [1.807, 2.05) is 32.0 Å². The van der Waals surface area contributed by atoms with E-state index in [-0.39, 0.29) is 28.0 Å². The number of ether oxygens (including phenoxy) is 4. The molecule has 10 heteroatoms. The molecule has 3 aromatic rings. The molecule has 0 aliphatic heterocycles. The predicted molar refractivity (Wildman–Crippen MR) is 143 cm³/mol. The molecule has 1 N–H and O–H groups in total. The zero-order chi connectivity index (χ0) is 27.2. The summed E-state index contributed by atoms with van der Waals surface area (Å²) in [7, 11) is 1.48. The first-order chi connectivity index (χ1) is 17.7. The van der Waals surface area contributed by atoms with Crippen molar-refractivity contribution in [2.75, 3.05) is 44.6 Å². The third kappa shape index (κ3) is 6.08. The normalized spacial score (nSPS) is 11.1. The number of nitrogens with one attached hydrogen (secondary N) is 1. The summed E-state index contributed by atoms with van der Waals surface area (Å²) >= 11 is 0. The Bertz CT molecular complexity index is 1360. The van der Waals surface area contributed by atoms with Gasteiger partial charge in [-0.15, -0.1) is 0 Å². The standard InChI is InChI=1S/C27H32N2O7S/c1-18(2)21-9-7-8-10-22(21)28-27(30)17-29(23-15-19(33-3)11-13-24(23)34-4)37(31,32)20-12-14-25(35-5)26(16-20)36-6/h7-16,18H,17H2,1-6H3,(H,28,30). The van der Waals surface area contributed by atoms with Crippen LogP contribution >= 0.6 is 0 Å². The molecule has 3 rings (SSSR count). The lowest BCUT2D eigenvalue weighted by atomic mass is 10.0. The first kappa shape index (κ1) is 27.7. The van der Waals surface area contributed by atoms with Crippen LogP contribution in [-0.2, 0) is 14.8 Å². The smallest absolute Gasteiger partial charge is 0.265 e. The summed E-state index contributed by atoms with van der Waals surface area (Å²) < 4.78 is 50.3. The number of methoxy groups -OCH3 is 4. The fraction of sp³-hybridized carbons (Fsp3) is 0.296. The summed E-state index contributed by atoms with van der Waals surface area (Å²) in [6.45, 7) is 3.51. The Kier molecular flexibility index (Phi) is 8.88. The molecule has 0 atom stereocenters. The second kappa shape index (κ2) is 11.9. The SMILES string of the molecule is COc1ccc(OC)c(N(CC(=O)Nc2ccccc2C(C)C)S(=O)(=O)c2ccc(OC)c(OC)c2)c1. The van der Waals surface area contributed by atoms with Gasteiger partial charge in [-0.2, -0.15) is 0 Å². The quantitative estimate of drug-likeness (QED) is 0.385. The van der Waals surface area contributed by atoms with Crippen molar-refractivity contribution in [2.24, 2.45) is 0 Å². The zero-order valence-corrected chi connectivity index (χ0v) is 22.6. The highest BCUT2D eigenvalue weighted by Gasteiger charge is 2.31. The van der Waals surface area contributed by atoms with E-state index in [0.717, 1.165) is 9.87 Å². The molecule has 0 heterocycles. The van der Waals surface area contributed by atoms with Gasteiger partial charge < -0.3 is 24.3 Å². The first-order valence-electron chi connectivity index (χ1n) is 11.5. The van der Waals surface area contributed by atoms with Crippen molar-refractivity contribution >= 4 is 27.3 Å². The van der Waals surface area contributed by atoms with Crippen LogP contribution in [0.3, 0.4) is 0 Å². The van der Waals surface area contributed by atoms with Crippen LogP contribution in [0.2, 0.25) is 0 Å². The Hall–Kier alpha value is -3.92. The van der Waals surface area contributed by atoms with E-state index in [4.69, 9.17) is 18.9 Å². The number of para-hydroxylation sites is 1. The largest absolute Gasteiger partial charge is 0.497 e. The molecule has 0 saturated heterocycles. The maximum Gasteiger partial charge on any atom is 0.265 e. The lowest BCUT2D eigenvalue weighted by Crippen LogP contribution is -2.38. The van der Waals surface area contributed by atoms with E-state index in [1.165, 1.54) is 52.7 Å². The van der Waals surface area contributed by atoms with Gasteiger partial charge in [0.1, 0.15) is 18.0 Å². The van der Waals surface area contributed by atoms with E-state index < -0.39 is 22.5 Å². The van der Waals surface area contributed by atoms with Crippen molar-refractivity contribution in [3.8, 4) is 23.0 Å². The highest BCUT2D eigenvalue weighted by Crippen LogP contribution is 2.37. The summed E-state index contributed by atoms with van der Waals surface area (Å²) in [5.41, 5.74) is 1.69. The van der Waals surface area contributed by atoms with Crippen LogP contribution in [0.25, 0.3) is 0 Å². The van der Waals surface area contributed by atoms with Crippen molar-refractivity contribution in [2.45, 2.75) is 24.7 Å². The molecule has 0 radical (unpaired) electrons. The van der Waals surface area contributed by atoms with Crippen LogP contribution in [0.15, 0.2) is 65.6 Å². The lowest BCUT2D eigenvalue weighted by molar-refractivity contribution is -0.114. The van der Waals surface area contributed by atoms with Gasteiger partial charge in [-0.3, -0.25) is 9.10 Å². The molecular weight excluding hydrogens is 496 g/mol. The average molecular weight is 529 g/mol. The minimum absolute atomic E-state index is 0.0922. The fourth-order valence-corrected chi connectivity index (χ4v) is 5.27. The summed E-state index contributed by atoms with van der Waals surface area (Å²) in [5, 5.41) is 2.86. The first-order valence-corrected chi connectivity index (χ1v) is 13.0. The number of anilines is 2. The van der Waals surface area contributed by atoms with E-state index in [0.29, 0.717) is 17.2 Å². The molecular formula is C27H32N2O7S. The van der Waals surface area contributed by atoms with Crippen LogP contribution in [0.4, 0.5) is 11.4 Å². The minimum atomic E-state index is -4.28. The van der Waals surface area contributed by atoms with Crippen LogP contribution in [0, 0.1) is 0 Å². The van der Waals surface area contributed by atoms with Gasteiger partial charge in [-0.25, -0.2) is 8.42 Å². The van der Waals surface area contributed by atoms with Gasteiger partial charge in [0.2, 0.25) is 5.91 Å². The van der Waals surface area contributed by atoms with E-state index in [2.05, 4.69) is 5.32 Å². The Balaban J connectivity index is 2.11. The van der Waals surface area contributed by atoms with Gasteiger partial charge in [-0.05, 0) is 41.8 Å². The molecule has 0 aromatic heterocycles. The monoisotopic (exact) mass is 528 g/mol. The molecule has 0 aliphatic carbocycles. The number of benzene rings is 3.